The van der Waals surface area contributed by atoms with Crippen LogP contribution < -0.4 is 0 Å². The molecule has 1 atom stereocenters. The van der Waals surface area contributed by atoms with E-state index in [0.29, 0.717) is 13.1 Å². The normalized spacial score (nSPS) is 18.4. The largest absolute Gasteiger partial charge is 0.508 e. The standard InChI is InChI=1S/C16H21NO5/c1-16(2,21)12-4-5-17(9-12)14(19)10-6-11(15(20)22-3)8-13(18)7-10/h6-8,12,18,21H,4-5,9H2,1-3H3/t12-/m1/s1. The fourth-order valence-corrected chi connectivity index (χ4v) is 2.67. The van der Waals surface area contributed by atoms with Crippen molar-refractivity contribution in [3.05, 3.63) is 29.3 Å². The molecule has 0 bridgehead atoms. The minimum Gasteiger partial charge on any atom is -0.508 e. The number of carbonyl (C=O) groups excluding carboxylic acids is 2. The second-order valence-electron chi connectivity index (χ2n) is 6.15. The fraction of sp³-hybridized carbons (Fsp3) is 0.500. The molecule has 2 N–H and O–H groups in total. The maximum Gasteiger partial charge on any atom is 0.338 e. The van der Waals surface area contributed by atoms with Gasteiger partial charge in [-0.2, -0.15) is 0 Å². The summed E-state index contributed by atoms with van der Waals surface area (Å²) in [4.78, 5) is 25.7. The van der Waals surface area contributed by atoms with E-state index in [1.165, 1.54) is 25.3 Å². The van der Waals surface area contributed by atoms with Crippen LogP contribution in [0.15, 0.2) is 18.2 Å². The van der Waals surface area contributed by atoms with Crippen LogP contribution in [-0.4, -0.2) is 52.8 Å². The molecule has 1 saturated heterocycles. The van der Waals surface area contributed by atoms with Crippen molar-refractivity contribution in [3.63, 3.8) is 0 Å². The molecule has 22 heavy (non-hydrogen) atoms. The van der Waals surface area contributed by atoms with Crippen molar-refractivity contribution in [2.24, 2.45) is 5.92 Å². The highest BCUT2D eigenvalue weighted by atomic mass is 16.5. The summed E-state index contributed by atoms with van der Waals surface area (Å²) in [5.74, 6) is -1.04. The number of esters is 1. The Labute approximate surface area is 129 Å². The number of methoxy groups -OCH3 is 1. The van der Waals surface area contributed by atoms with Crippen LogP contribution in [0.3, 0.4) is 0 Å². The van der Waals surface area contributed by atoms with Crippen molar-refractivity contribution >= 4 is 11.9 Å². The number of aromatic hydroxyl groups is 1. The molecule has 6 nitrogen and oxygen atoms in total. The van der Waals surface area contributed by atoms with Gasteiger partial charge in [-0.1, -0.05) is 0 Å². The molecule has 0 radical (unpaired) electrons. The molecule has 6 heteroatoms. The Balaban J connectivity index is 2.20. The number of rotatable bonds is 3. The number of amides is 1. The van der Waals surface area contributed by atoms with Crippen LogP contribution in [-0.2, 0) is 4.74 Å². The van der Waals surface area contributed by atoms with Gasteiger partial charge in [0.25, 0.3) is 5.91 Å². The number of hydrogen-bond donors (Lipinski definition) is 2. The summed E-state index contributed by atoms with van der Waals surface area (Å²) in [5.41, 5.74) is -0.480. The number of carbonyl (C=O) groups is 2. The zero-order valence-electron chi connectivity index (χ0n) is 13.0. The zero-order chi connectivity index (χ0) is 16.5. The second kappa shape index (κ2) is 5.96. The van der Waals surface area contributed by atoms with Crippen LogP contribution in [0.5, 0.6) is 5.75 Å². The third-order valence-corrected chi connectivity index (χ3v) is 4.06. The van der Waals surface area contributed by atoms with Crippen LogP contribution in [0, 0.1) is 5.92 Å². The average molecular weight is 307 g/mol. The Bertz CT molecular complexity index is 591. The number of likely N-dealkylation sites (tertiary alicyclic amines) is 1. The van der Waals surface area contributed by atoms with Gasteiger partial charge in [-0.25, -0.2) is 4.79 Å². The van der Waals surface area contributed by atoms with Crippen LogP contribution in [0.2, 0.25) is 0 Å². The van der Waals surface area contributed by atoms with Gasteiger partial charge >= 0.3 is 5.97 Å². The predicted molar refractivity (Wildman–Crippen MR) is 79.8 cm³/mol. The third kappa shape index (κ3) is 3.39. The Morgan fingerprint density at radius 3 is 2.45 bits per heavy atom. The zero-order valence-corrected chi connectivity index (χ0v) is 13.0. The van der Waals surface area contributed by atoms with E-state index in [0.717, 1.165) is 6.42 Å². The van der Waals surface area contributed by atoms with Crippen LogP contribution in [0.1, 0.15) is 41.0 Å². The first-order valence-corrected chi connectivity index (χ1v) is 7.16. The fourth-order valence-electron chi connectivity index (χ4n) is 2.67. The monoisotopic (exact) mass is 307 g/mol. The lowest BCUT2D eigenvalue weighted by Crippen LogP contribution is -2.35. The number of benzene rings is 1. The molecule has 1 aromatic carbocycles. The van der Waals surface area contributed by atoms with Crippen LogP contribution >= 0.6 is 0 Å². The topological polar surface area (TPSA) is 87.1 Å². The average Bonchev–Trinajstić information content (AvgIpc) is 2.94. The van der Waals surface area contributed by atoms with E-state index in [-0.39, 0.29) is 28.7 Å². The van der Waals surface area contributed by atoms with Crippen molar-refractivity contribution in [2.45, 2.75) is 25.9 Å². The molecule has 0 aromatic heterocycles. The predicted octanol–water partition coefficient (Wildman–Crippen LogP) is 1.41. The van der Waals surface area contributed by atoms with Gasteiger partial charge in [-0.3, -0.25) is 4.79 Å². The van der Waals surface area contributed by atoms with Gasteiger partial charge in [0.2, 0.25) is 0 Å². The highest BCUT2D eigenvalue weighted by Gasteiger charge is 2.35. The summed E-state index contributed by atoms with van der Waals surface area (Å²) in [5, 5.41) is 19.7. The minimum atomic E-state index is -0.842. The second-order valence-corrected chi connectivity index (χ2v) is 6.15. The van der Waals surface area contributed by atoms with Crippen LogP contribution in [0.4, 0.5) is 0 Å². The molecule has 1 aromatic rings. The molecule has 0 aliphatic carbocycles. The molecule has 0 saturated carbocycles. The number of phenolic OH excluding ortho intramolecular Hbond substituents is 1. The van der Waals surface area contributed by atoms with E-state index in [4.69, 9.17) is 0 Å². The molecule has 0 unspecified atom stereocenters. The van der Waals surface area contributed by atoms with Gasteiger partial charge in [-0.05, 0) is 38.5 Å². The summed E-state index contributed by atoms with van der Waals surface area (Å²) in [7, 11) is 1.24. The highest BCUT2D eigenvalue weighted by Crippen LogP contribution is 2.28. The molecular formula is C16H21NO5. The SMILES string of the molecule is COC(=O)c1cc(O)cc(C(=O)N2CC[C@@H](C(C)(C)O)C2)c1. The molecule has 1 heterocycles. The molecular weight excluding hydrogens is 286 g/mol. The number of hydrogen-bond acceptors (Lipinski definition) is 5. The lowest BCUT2D eigenvalue weighted by molar-refractivity contribution is 0.0211. The summed E-state index contributed by atoms with van der Waals surface area (Å²) in [6.07, 6.45) is 0.720. The first-order valence-electron chi connectivity index (χ1n) is 7.16. The number of aliphatic hydroxyl groups is 1. The van der Waals surface area contributed by atoms with E-state index in [1.54, 1.807) is 18.7 Å². The first kappa shape index (κ1) is 16.3. The van der Waals surface area contributed by atoms with Crippen LogP contribution in [0.25, 0.3) is 0 Å². The Morgan fingerprint density at radius 1 is 1.27 bits per heavy atom. The van der Waals surface area contributed by atoms with Gasteiger partial charge < -0.3 is 19.8 Å². The highest BCUT2D eigenvalue weighted by molar-refractivity contribution is 5.98. The van der Waals surface area contributed by atoms with Gasteiger partial charge in [0, 0.05) is 24.6 Å². The van der Waals surface area contributed by atoms with Gasteiger partial charge in [0.05, 0.1) is 18.3 Å². The first-order chi connectivity index (χ1) is 10.2. The maximum atomic E-state index is 12.5. The Morgan fingerprint density at radius 2 is 1.91 bits per heavy atom. The third-order valence-electron chi connectivity index (χ3n) is 4.06. The minimum absolute atomic E-state index is 0.00818. The smallest absolute Gasteiger partial charge is 0.338 e. The Kier molecular flexibility index (Phi) is 4.42. The molecule has 1 amide bonds. The number of nitrogens with zero attached hydrogens (tertiary/aromatic N) is 1. The van der Waals surface area contributed by atoms with Crippen molar-refractivity contribution < 1.29 is 24.5 Å². The number of phenols is 1. The lowest BCUT2D eigenvalue weighted by Gasteiger charge is -2.25. The summed E-state index contributed by atoms with van der Waals surface area (Å²) in [6.45, 7) is 4.45. The number of ether oxygens (including phenoxy) is 1. The van der Waals surface area contributed by atoms with Crippen molar-refractivity contribution in [3.8, 4) is 5.75 Å². The molecule has 1 aliphatic heterocycles. The lowest BCUT2D eigenvalue weighted by atomic mass is 9.90. The molecule has 2 rings (SSSR count). The summed E-state index contributed by atoms with van der Waals surface area (Å²) < 4.78 is 4.61. The molecule has 120 valence electrons. The quantitative estimate of drug-likeness (QED) is 0.825. The maximum absolute atomic E-state index is 12.5. The Hall–Kier alpha value is -2.08. The van der Waals surface area contributed by atoms with E-state index < -0.39 is 11.6 Å². The van der Waals surface area contributed by atoms with E-state index in [2.05, 4.69) is 4.74 Å². The summed E-state index contributed by atoms with van der Waals surface area (Å²) in [6, 6.07) is 3.99. The van der Waals surface area contributed by atoms with Gasteiger partial charge in [0.15, 0.2) is 0 Å². The van der Waals surface area contributed by atoms with Crippen molar-refractivity contribution in [2.75, 3.05) is 20.2 Å². The molecule has 1 aliphatic rings. The van der Waals surface area contributed by atoms with Gasteiger partial charge in [-0.15, -0.1) is 0 Å². The van der Waals surface area contributed by atoms with E-state index >= 15 is 0 Å². The molecule has 0 spiro atoms. The van der Waals surface area contributed by atoms with E-state index in [9.17, 15) is 19.8 Å². The molecule has 1 fully saturated rings. The summed E-state index contributed by atoms with van der Waals surface area (Å²) >= 11 is 0. The van der Waals surface area contributed by atoms with Gasteiger partial charge in [0.1, 0.15) is 5.75 Å². The van der Waals surface area contributed by atoms with E-state index in [1.807, 2.05) is 0 Å². The van der Waals surface area contributed by atoms with Crippen molar-refractivity contribution in [1.82, 2.24) is 4.90 Å². The van der Waals surface area contributed by atoms with Crippen molar-refractivity contribution in [1.29, 1.82) is 0 Å².